The average molecular weight is 226 g/mol. The first kappa shape index (κ1) is 20.8. The fourth-order valence-corrected chi connectivity index (χ4v) is 1.19. The molecule has 0 saturated carbocycles. The minimum atomic E-state index is 0. The van der Waals surface area contributed by atoms with Gasteiger partial charge in [-0.1, -0.05) is 78.7 Å². The van der Waals surface area contributed by atoms with Gasteiger partial charge in [-0.3, -0.25) is 0 Å². The first-order valence-electron chi connectivity index (χ1n) is 6.45. The molecule has 0 heteroatoms. The van der Waals surface area contributed by atoms with Crippen LogP contribution >= 0.6 is 0 Å². The highest BCUT2D eigenvalue weighted by Gasteiger charge is 1.96. The zero-order valence-electron chi connectivity index (χ0n) is 11.4. The van der Waals surface area contributed by atoms with E-state index in [0.717, 1.165) is 12.8 Å². The molecule has 0 radical (unpaired) electrons. The molecule has 0 spiro atoms. The lowest BCUT2D eigenvalue weighted by molar-refractivity contribution is 0.704. The molecule has 0 aliphatic carbocycles. The van der Waals surface area contributed by atoms with Crippen LogP contribution in [-0.2, 0) is 0 Å². The lowest BCUT2D eigenvalue weighted by atomic mass is 10.0. The van der Waals surface area contributed by atoms with Crippen LogP contribution in [0.4, 0.5) is 0 Å². The largest absolute Gasteiger partial charge is 0.0995 e. The number of rotatable bonds is 7. The Balaban J connectivity index is -0.000000377. The van der Waals surface area contributed by atoms with Crippen LogP contribution in [0.5, 0.6) is 0 Å². The summed E-state index contributed by atoms with van der Waals surface area (Å²) in [5.41, 5.74) is 2.67. The van der Waals surface area contributed by atoms with Crippen LogP contribution in [0.25, 0.3) is 0 Å². The van der Waals surface area contributed by atoms with Gasteiger partial charge < -0.3 is 0 Å². The summed E-state index contributed by atoms with van der Waals surface area (Å²) in [6, 6.07) is 0. The van der Waals surface area contributed by atoms with E-state index in [-0.39, 0.29) is 7.43 Å². The molecule has 98 valence electrons. The van der Waals surface area contributed by atoms with E-state index in [4.69, 9.17) is 0 Å². The summed E-state index contributed by atoms with van der Waals surface area (Å²) in [5.74, 6) is 0. The van der Waals surface area contributed by atoms with Gasteiger partial charge in [0.25, 0.3) is 0 Å². The van der Waals surface area contributed by atoms with Crippen LogP contribution in [0.3, 0.4) is 0 Å². The van der Waals surface area contributed by atoms with Crippen LogP contribution in [0, 0.1) is 0 Å². The molecule has 0 N–H and O–H groups in total. The fourth-order valence-electron chi connectivity index (χ4n) is 1.19. The first-order chi connectivity index (χ1) is 7.12. The molecule has 0 amide bonds. The monoisotopic (exact) mass is 226 g/mol. The second-order valence-electron chi connectivity index (χ2n) is 4.19. The molecule has 0 atom stereocenters. The van der Waals surface area contributed by atoms with Gasteiger partial charge in [-0.2, -0.15) is 0 Å². The van der Waals surface area contributed by atoms with Gasteiger partial charge in [-0.05, 0) is 25.7 Å². The molecule has 0 bridgehead atoms. The topological polar surface area (TPSA) is 0 Å². The van der Waals surface area contributed by atoms with Crippen molar-refractivity contribution in [1.29, 1.82) is 0 Å². The Morgan fingerprint density at radius 2 is 1.38 bits per heavy atom. The molecule has 0 rings (SSSR count). The van der Waals surface area contributed by atoms with Crippen molar-refractivity contribution in [3.63, 3.8) is 0 Å². The SMILES string of the molecule is C.C=C(CC)CC(=C)CCCCC.CCC. The summed E-state index contributed by atoms with van der Waals surface area (Å²) in [7, 11) is 0. The zero-order valence-corrected chi connectivity index (χ0v) is 11.4. The van der Waals surface area contributed by atoms with E-state index in [0.29, 0.717) is 0 Å². The Kier molecular flexibility index (Phi) is 22.0. The molecule has 0 fully saturated rings. The van der Waals surface area contributed by atoms with E-state index >= 15 is 0 Å². The summed E-state index contributed by atoms with van der Waals surface area (Å²) in [6.07, 6.45) is 8.49. The van der Waals surface area contributed by atoms with Crippen LogP contribution in [-0.4, -0.2) is 0 Å². The molecule has 0 heterocycles. The van der Waals surface area contributed by atoms with Crippen molar-refractivity contribution >= 4 is 0 Å². The molecule has 0 saturated heterocycles. The second-order valence-corrected chi connectivity index (χ2v) is 4.19. The average Bonchev–Trinajstić information content (AvgIpc) is 2.19. The highest BCUT2D eigenvalue weighted by molar-refractivity contribution is 5.08. The van der Waals surface area contributed by atoms with Crippen LogP contribution in [0.15, 0.2) is 24.3 Å². The summed E-state index contributed by atoms with van der Waals surface area (Å²) in [5, 5.41) is 0. The standard InChI is InChI=1S/C12H22.C3H8.CH4/c1-5-7-8-9-12(4)10-11(3)6-2;1-3-2;/h3-10H2,1-2H3;3H2,1-2H3;1H4. The molecule has 0 aliphatic rings. The molecule has 0 aromatic rings. The molecular formula is C16H34. The Labute approximate surface area is 105 Å². The number of allylic oxidation sites excluding steroid dienone is 2. The first-order valence-corrected chi connectivity index (χ1v) is 6.45. The van der Waals surface area contributed by atoms with Crippen LogP contribution in [0.1, 0.15) is 80.1 Å². The van der Waals surface area contributed by atoms with Gasteiger partial charge in [0.05, 0.1) is 0 Å². The maximum atomic E-state index is 4.05. The van der Waals surface area contributed by atoms with Crippen LogP contribution in [0.2, 0.25) is 0 Å². The maximum Gasteiger partial charge on any atom is -0.0114 e. The third kappa shape index (κ3) is 19.1. The number of unbranched alkanes of at least 4 members (excludes halogenated alkanes) is 2. The van der Waals surface area contributed by atoms with Crippen molar-refractivity contribution in [3.05, 3.63) is 24.3 Å². The molecular weight excluding hydrogens is 192 g/mol. The van der Waals surface area contributed by atoms with Gasteiger partial charge in [-0.25, -0.2) is 0 Å². The third-order valence-corrected chi connectivity index (χ3v) is 2.13. The van der Waals surface area contributed by atoms with Gasteiger partial charge in [0.2, 0.25) is 0 Å². The van der Waals surface area contributed by atoms with Crippen LogP contribution < -0.4 is 0 Å². The smallest absolute Gasteiger partial charge is 0.0114 e. The highest BCUT2D eigenvalue weighted by Crippen LogP contribution is 2.16. The van der Waals surface area contributed by atoms with Crippen molar-refractivity contribution in [2.45, 2.75) is 80.1 Å². The molecule has 0 aromatic carbocycles. The predicted molar refractivity (Wildman–Crippen MR) is 80.0 cm³/mol. The van der Waals surface area contributed by atoms with Crippen molar-refractivity contribution in [2.75, 3.05) is 0 Å². The van der Waals surface area contributed by atoms with E-state index in [1.165, 1.54) is 43.3 Å². The van der Waals surface area contributed by atoms with Crippen molar-refractivity contribution in [2.24, 2.45) is 0 Å². The fraction of sp³-hybridized carbons (Fsp3) is 0.750. The predicted octanol–water partition coefficient (Wildman–Crippen LogP) is 6.53. The van der Waals surface area contributed by atoms with E-state index in [9.17, 15) is 0 Å². The Morgan fingerprint density at radius 1 is 0.875 bits per heavy atom. The summed E-state index contributed by atoms with van der Waals surface area (Å²) in [6.45, 7) is 16.7. The highest BCUT2D eigenvalue weighted by atomic mass is 14.0. The van der Waals surface area contributed by atoms with Crippen molar-refractivity contribution in [3.8, 4) is 0 Å². The van der Waals surface area contributed by atoms with Crippen molar-refractivity contribution in [1.82, 2.24) is 0 Å². The van der Waals surface area contributed by atoms with E-state index in [1.807, 2.05) is 0 Å². The normalized spacial score (nSPS) is 8.50. The lowest BCUT2D eigenvalue weighted by Crippen LogP contribution is -1.85. The molecule has 0 unspecified atom stereocenters. The molecule has 16 heavy (non-hydrogen) atoms. The Morgan fingerprint density at radius 3 is 1.75 bits per heavy atom. The van der Waals surface area contributed by atoms with E-state index in [2.05, 4.69) is 40.9 Å². The Hall–Kier alpha value is -0.520. The second kappa shape index (κ2) is 16.9. The minimum Gasteiger partial charge on any atom is -0.0995 e. The number of hydrogen-bond acceptors (Lipinski definition) is 0. The van der Waals surface area contributed by atoms with Gasteiger partial charge in [0, 0.05) is 0 Å². The maximum absolute atomic E-state index is 4.05. The third-order valence-electron chi connectivity index (χ3n) is 2.13. The summed E-state index contributed by atoms with van der Waals surface area (Å²) in [4.78, 5) is 0. The minimum absolute atomic E-state index is 0. The summed E-state index contributed by atoms with van der Waals surface area (Å²) < 4.78 is 0. The lowest BCUT2D eigenvalue weighted by Gasteiger charge is -2.05. The van der Waals surface area contributed by atoms with Gasteiger partial charge in [0.1, 0.15) is 0 Å². The number of hydrogen-bond donors (Lipinski definition) is 0. The molecule has 0 aliphatic heterocycles. The summed E-state index contributed by atoms with van der Waals surface area (Å²) >= 11 is 0. The Bertz CT molecular complexity index is 153. The van der Waals surface area contributed by atoms with Gasteiger partial charge in [0.15, 0.2) is 0 Å². The van der Waals surface area contributed by atoms with Crippen molar-refractivity contribution < 1.29 is 0 Å². The zero-order chi connectivity index (χ0) is 12.1. The van der Waals surface area contributed by atoms with Gasteiger partial charge in [-0.15, -0.1) is 0 Å². The molecule has 0 aromatic heterocycles. The van der Waals surface area contributed by atoms with E-state index < -0.39 is 0 Å². The van der Waals surface area contributed by atoms with E-state index in [1.54, 1.807) is 0 Å². The quantitative estimate of drug-likeness (QED) is 0.342. The van der Waals surface area contributed by atoms with Gasteiger partial charge >= 0.3 is 0 Å². The molecule has 0 nitrogen and oxygen atoms in total.